The van der Waals surface area contributed by atoms with Crippen molar-refractivity contribution in [1.82, 2.24) is 5.32 Å². The summed E-state index contributed by atoms with van der Waals surface area (Å²) >= 11 is 0. The number of hydrogen-bond donors (Lipinski definition) is 1. The Morgan fingerprint density at radius 2 is 2.43 bits per heavy atom. The molecule has 0 saturated carbocycles. The van der Waals surface area contributed by atoms with E-state index in [1.165, 1.54) is 19.3 Å². The minimum absolute atomic E-state index is 0.472. The first-order valence-electron chi connectivity index (χ1n) is 5.67. The van der Waals surface area contributed by atoms with Crippen LogP contribution in [0.1, 0.15) is 32.6 Å². The predicted octanol–water partition coefficient (Wildman–Crippen LogP) is 1.56. The summed E-state index contributed by atoms with van der Waals surface area (Å²) in [6.07, 6.45) is 11.0. The molecule has 1 N–H and O–H groups in total. The van der Waals surface area contributed by atoms with Gasteiger partial charge in [0.25, 0.3) is 0 Å². The van der Waals surface area contributed by atoms with E-state index in [4.69, 9.17) is 11.2 Å². The maximum atomic E-state index is 5.85. The van der Waals surface area contributed by atoms with Crippen LogP contribution in [-0.2, 0) is 4.74 Å². The van der Waals surface area contributed by atoms with Crippen LogP contribution in [-0.4, -0.2) is 24.8 Å². The van der Waals surface area contributed by atoms with Crippen molar-refractivity contribution in [2.75, 3.05) is 6.54 Å². The Balaban J connectivity index is 1.94. The van der Waals surface area contributed by atoms with Crippen LogP contribution in [0.5, 0.6) is 0 Å². The van der Waals surface area contributed by atoms with E-state index in [-0.39, 0.29) is 0 Å². The highest BCUT2D eigenvalue weighted by molar-refractivity contribution is 5.00. The molecule has 0 spiro atoms. The molecule has 2 heteroatoms. The molecule has 0 aromatic carbocycles. The Bertz CT molecular complexity index is 233. The Morgan fingerprint density at radius 1 is 1.57 bits per heavy atom. The molecule has 2 heterocycles. The van der Waals surface area contributed by atoms with Crippen molar-refractivity contribution in [1.29, 1.82) is 0 Å². The van der Waals surface area contributed by atoms with Gasteiger partial charge in [0.15, 0.2) is 0 Å². The molecular formula is C12H19NO. The van der Waals surface area contributed by atoms with Gasteiger partial charge in [-0.15, -0.1) is 12.3 Å². The van der Waals surface area contributed by atoms with Gasteiger partial charge < -0.3 is 10.1 Å². The molecule has 4 unspecified atom stereocenters. The van der Waals surface area contributed by atoms with Crippen molar-refractivity contribution in [2.45, 2.75) is 50.9 Å². The van der Waals surface area contributed by atoms with Gasteiger partial charge in [0.05, 0.1) is 12.2 Å². The molecule has 0 aromatic heterocycles. The van der Waals surface area contributed by atoms with Gasteiger partial charge >= 0.3 is 0 Å². The van der Waals surface area contributed by atoms with Gasteiger partial charge in [0, 0.05) is 18.4 Å². The molecule has 2 nitrogen and oxygen atoms in total. The molecule has 0 radical (unpaired) electrons. The molecule has 78 valence electrons. The second-order valence-electron chi connectivity index (χ2n) is 4.35. The SMILES string of the molecule is C#CCC(NCC)C1CC2CCC1O2. The maximum absolute atomic E-state index is 5.85. The molecule has 0 aromatic rings. The number of hydrogen-bond acceptors (Lipinski definition) is 2. The molecular weight excluding hydrogens is 174 g/mol. The summed E-state index contributed by atoms with van der Waals surface area (Å²) < 4.78 is 5.85. The highest BCUT2D eigenvalue weighted by Gasteiger charge is 2.43. The lowest BCUT2D eigenvalue weighted by Crippen LogP contribution is -2.40. The van der Waals surface area contributed by atoms with Gasteiger partial charge in [0.2, 0.25) is 0 Å². The van der Waals surface area contributed by atoms with Gasteiger partial charge in [-0.2, -0.15) is 0 Å². The van der Waals surface area contributed by atoms with E-state index in [9.17, 15) is 0 Å². The van der Waals surface area contributed by atoms with Crippen LogP contribution in [0, 0.1) is 18.3 Å². The normalized spacial score (nSPS) is 37.0. The average Bonchev–Trinajstić information content (AvgIpc) is 2.78. The van der Waals surface area contributed by atoms with Gasteiger partial charge in [-0.3, -0.25) is 0 Å². The molecule has 2 saturated heterocycles. The molecule has 2 bridgehead atoms. The molecule has 0 amide bonds. The first-order chi connectivity index (χ1) is 6.85. The highest BCUT2D eigenvalue weighted by Crippen LogP contribution is 2.40. The molecule has 2 fully saturated rings. The number of ether oxygens (including phenoxy) is 1. The van der Waals surface area contributed by atoms with Crippen molar-refractivity contribution in [3.63, 3.8) is 0 Å². The summed E-state index contributed by atoms with van der Waals surface area (Å²) in [6.45, 7) is 3.14. The minimum atomic E-state index is 0.472. The van der Waals surface area contributed by atoms with Gasteiger partial charge in [-0.1, -0.05) is 6.92 Å². The van der Waals surface area contributed by atoms with E-state index in [1.54, 1.807) is 0 Å². The second kappa shape index (κ2) is 4.33. The molecule has 0 aliphatic carbocycles. The molecule has 4 atom stereocenters. The van der Waals surface area contributed by atoms with Crippen molar-refractivity contribution in [3.05, 3.63) is 0 Å². The summed E-state index contributed by atoms with van der Waals surface area (Å²) in [7, 11) is 0. The first-order valence-corrected chi connectivity index (χ1v) is 5.67. The van der Waals surface area contributed by atoms with Crippen LogP contribution < -0.4 is 5.32 Å². The van der Waals surface area contributed by atoms with E-state index in [0.29, 0.717) is 24.2 Å². The summed E-state index contributed by atoms with van der Waals surface area (Å²) in [5.41, 5.74) is 0. The van der Waals surface area contributed by atoms with Gasteiger partial charge in [-0.05, 0) is 25.8 Å². The third-order valence-electron chi connectivity index (χ3n) is 3.47. The highest BCUT2D eigenvalue weighted by atomic mass is 16.5. The molecule has 14 heavy (non-hydrogen) atoms. The van der Waals surface area contributed by atoms with Gasteiger partial charge in [-0.25, -0.2) is 0 Å². The van der Waals surface area contributed by atoms with Crippen molar-refractivity contribution < 1.29 is 4.74 Å². The van der Waals surface area contributed by atoms with E-state index < -0.39 is 0 Å². The minimum Gasteiger partial charge on any atom is -0.375 e. The summed E-state index contributed by atoms with van der Waals surface area (Å²) in [6, 6.07) is 0.472. The van der Waals surface area contributed by atoms with Crippen LogP contribution in [0.2, 0.25) is 0 Å². The maximum Gasteiger partial charge on any atom is 0.0624 e. The zero-order valence-electron chi connectivity index (χ0n) is 8.83. The Labute approximate surface area is 86.4 Å². The zero-order chi connectivity index (χ0) is 9.97. The number of nitrogens with one attached hydrogen (secondary N) is 1. The van der Waals surface area contributed by atoms with Crippen LogP contribution in [0.25, 0.3) is 0 Å². The number of rotatable bonds is 4. The fraction of sp³-hybridized carbons (Fsp3) is 0.833. The van der Waals surface area contributed by atoms with Gasteiger partial charge in [0.1, 0.15) is 0 Å². The largest absolute Gasteiger partial charge is 0.375 e. The number of fused-ring (bicyclic) bond motifs is 2. The van der Waals surface area contributed by atoms with Crippen molar-refractivity contribution in [3.8, 4) is 12.3 Å². The summed E-state index contributed by atoms with van der Waals surface area (Å²) in [5.74, 6) is 3.43. The topological polar surface area (TPSA) is 21.3 Å². The summed E-state index contributed by atoms with van der Waals surface area (Å²) in [4.78, 5) is 0. The van der Waals surface area contributed by atoms with Crippen LogP contribution in [0.4, 0.5) is 0 Å². The fourth-order valence-electron chi connectivity index (χ4n) is 2.86. The lowest BCUT2D eigenvalue weighted by atomic mass is 9.82. The lowest BCUT2D eigenvalue weighted by Gasteiger charge is -2.27. The standard InChI is InChI=1S/C12H19NO/c1-3-5-11(13-4-2)10-8-9-6-7-12(10)14-9/h1,9-13H,4-8H2,2H3. The molecule has 2 aliphatic heterocycles. The second-order valence-corrected chi connectivity index (χ2v) is 4.35. The smallest absolute Gasteiger partial charge is 0.0624 e. The van der Waals surface area contributed by atoms with Crippen LogP contribution in [0.15, 0.2) is 0 Å². The molecule has 2 aliphatic rings. The Hall–Kier alpha value is -0.520. The van der Waals surface area contributed by atoms with Crippen molar-refractivity contribution >= 4 is 0 Å². The van der Waals surface area contributed by atoms with Crippen LogP contribution >= 0.6 is 0 Å². The Morgan fingerprint density at radius 3 is 2.93 bits per heavy atom. The van der Waals surface area contributed by atoms with E-state index >= 15 is 0 Å². The monoisotopic (exact) mass is 193 g/mol. The predicted molar refractivity (Wildman–Crippen MR) is 56.9 cm³/mol. The van der Waals surface area contributed by atoms with E-state index in [0.717, 1.165) is 13.0 Å². The first kappa shape index (κ1) is 10.0. The Kier molecular flexibility index (Phi) is 3.10. The lowest BCUT2D eigenvalue weighted by molar-refractivity contribution is 0.0862. The summed E-state index contributed by atoms with van der Waals surface area (Å²) in [5, 5.41) is 3.49. The number of terminal acetylenes is 1. The van der Waals surface area contributed by atoms with E-state index in [2.05, 4.69) is 18.2 Å². The third-order valence-corrected chi connectivity index (χ3v) is 3.47. The molecule has 2 rings (SSSR count). The zero-order valence-corrected chi connectivity index (χ0v) is 8.83. The average molecular weight is 193 g/mol. The fourth-order valence-corrected chi connectivity index (χ4v) is 2.86. The quantitative estimate of drug-likeness (QED) is 0.684. The van der Waals surface area contributed by atoms with Crippen LogP contribution in [0.3, 0.4) is 0 Å². The third kappa shape index (κ3) is 1.80. The van der Waals surface area contributed by atoms with E-state index in [1.807, 2.05) is 0 Å². The van der Waals surface area contributed by atoms with Crippen molar-refractivity contribution in [2.24, 2.45) is 5.92 Å².